The van der Waals surface area contributed by atoms with Crippen LogP contribution in [0.5, 0.6) is 0 Å². The Kier molecular flexibility index (Phi) is 5.73. The molecule has 2 N–H and O–H groups in total. The van der Waals surface area contributed by atoms with E-state index in [1.54, 1.807) is 0 Å². The van der Waals surface area contributed by atoms with Gasteiger partial charge in [0.05, 0.1) is 0 Å². The Bertz CT molecular complexity index is 866. The Morgan fingerprint density at radius 3 is 1.89 bits per heavy atom. The van der Waals surface area contributed by atoms with Crippen LogP contribution in [0.15, 0.2) is 42.5 Å². The van der Waals surface area contributed by atoms with Gasteiger partial charge in [-0.1, -0.05) is 6.07 Å². The van der Waals surface area contributed by atoms with Crippen molar-refractivity contribution in [1.29, 1.82) is 0 Å². The van der Waals surface area contributed by atoms with Crippen LogP contribution in [0.1, 0.15) is 37.8 Å². The highest BCUT2D eigenvalue weighted by atomic mass is 16.2. The first-order valence-corrected chi connectivity index (χ1v) is 9.95. The van der Waals surface area contributed by atoms with Crippen LogP contribution in [0.4, 0.5) is 17.1 Å². The fourth-order valence-electron chi connectivity index (χ4n) is 3.35. The number of anilines is 3. The Morgan fingerprint density at radius 2 is 1.39 bits per heavy atom. The van der Waals surface area contributed by atoms with Gasteiger partial charge in [-0.2, -0.15) is 0 Å². The molecule has 0 heterocycles. The summed E-state index contributed by atoms with van der Waals surface area (Å²) in [5, 5.41) is 5.83. The fraction of sp³-hybridized carbons (Fsp3) is 0.391. The summed E-state index contributed by atoms with van der Waals surface area (Å²) in [5.41, 5.74) is 3.89. The third kappa shape index (κ3) is 4.03. The van der Waals surface area contributed by atoms with E-state index in [4.69, 9.17) is 0 Å². The predicted molar refractivity (Wildman–Crippen MR) is 115 cm³/mol. The second-order valence-electron chi connectivity index (χ2n) is 7.51. The first-order valence-electron chi connectivity index (χ1n) is 9.95. The highest BCUT2D eigenvalue weighted by Crippen LogP contribution is 2.47. The Labute approximate surface area is 167 Å². The van der Waals surface area contributed by atoms with E-state index in [2.05, 4.69) is 29.4 Å². The summed E-state index contributed by atoms with van der Waals surface area (Å²) in [6.45, 7) is 10.1. The Hall–Kier alpha value is -2.82. The minimum atomic E-state index is -0.962. The molecule has 1 aliphatic carbocycles. The molecule has 2 aromatic rings. The number of rotatable bonds is 7. The molecule has 0 atom stereocenters. The average molecular weight is 380 g/mol. The van der Waals surface area contributed by atoms with Gasteiger partial charge in [0.1, 0.15) is 5.41 Å². The highest BCUT2D eigenvalue weighted by molar-refractivity contribution is 6.16. The summed E-state index contributed by atoms with van der Waals surface area (Å²) in [5.74, 6) is -0.461. The van der Waals surface area contributed by atoms with Crippen molar-refractivity contribution in [3.8, 4) is 0 Å². The van der Waals surface area contributed by atoms with E-state index in [1.165, 1.54) is 5.56 Å². The number of benzene rings is 2. The van der Waals surface area contributed by atoms with E-state index in [9.17, 15) is 9.59 Å². The van der Waals surface area contributed by atoms with Crippen molar-refractivity contribution in [3.63, 3.8) is 0 Å². The number of carbonyl (C=O) groups excluding carboxylic acids is 2. The molecular weight excluding hydrogens is 350 g/mol. The maximum Gasteiger partial charge on any atom is 0.240 e. The van der Waals surface area contributed by atoms with Crippen LogP contribution in [0.3, 0.4) is 0 Å². The molecule has 2 amide bonds. The maximum absolute atomic E-state index is 12.8. The Balaban J connectivity index is 1.66. The molecule has 3 rings (SSSR count). The topological polar surface area (TPSA) is 61.4 Å². The van der Waals surface area contributed by atoms with Crippen molar-refractivity contribution in [2.75, 3.05) is 28.6 Å². The van der Waals surface area contributed by atoms with Crippen LogP contribution in [0.2, 0.25) is 0 Å². The number of hydrogen-bond donors (Lipinski definition) is 2. The second kappa shape index (κ2) is 8.05. The molecule has 148 valence electrons. The lowest BCUT2D eigenvalue weighted by Gasteiger charge is -2.21. The third-order valence-corrected chi connectivity index (χ3v) is 5.64. The number of hydrogen-bond acceptors (Lipinski definition) is 3. The molecule has 0 aromatic heterocycles. The number of nitrogens with zero attached hydrogens (tertiary/aromatic N) is 1. The molecule has 0 unspecified atom stereocenters. The number of nitrogens with one attached hydrogen (secondary N) is 2. The van der Waals surface area contributed by atoms with E-state index in [0.717, 1.165) is 30.0 Å². The van der Waals surface area contributed by atoms with Crippen molar-refractivity contribution >= 4 is 28.9 Å². The van der Waals surface area contributed by atoms with Gasteiger partial charge in [-0.3, -0.25) is 9.59 Å². The summed E-state index contributed by atoms with van der Waals surface area (Å²) in [4.78, 5) is 27.8. The van der Waals surface area contributed by atoms with Crippen LogP contribution >= 0.6 is 0 Å². The number of amides is 2. The van der Waals surface area contributed by atoms with Crippen molar-refractivity contribution in [1.82, 2.24) is 0 Å². The van der Waals surface area contributed by atoms with Gasteiger partial charge in [0.2, 0.25) is 11.8 Å². The smallest absolute Gasteiger partial charge is 0.240 e. The zero-order valence-corrected chi connectivity index (χ0v) is 17.1. The molecule has 0 aliphatic heterocycles. The molecule has 1 aliphatic rings. The van der Waals surface area contributed by atoms with Crippen LogP contribution in [0, 0.1) is 19.3 Å². The zero-order valence-electron chi connectivity index (χ0n) is 17.1. The highest BCUT2D eigenvalue weighted by Gasteiger charge is 2.56. The van der Waals surface area contributed by atoms with Gasteiger partial charge in [0.25, 0.3) is 0 Å². The lowest BCUT2D eigenvalue weighted by molar-refractivity contribution is -0.131. The average Bonchev–Trinajstić information content (AvgIpc) is 3.49. The molecule has 2 aromatic carbocycles. The van der Waals surface area contributed by atoms with Crippen LogP contribution in [-0.4, -0.2) is 24.9 Å². The molecule has 5 heteroatoms. The van der Waals surface area contributed by atoms with E-state index in [-0.39, 0.29) is 11.8 Å². The SMILES string of the molecule is CCN(CC)c1ccc(NC(=O)C2(C(=O)Nc3ccc(C)c(C)c3)CC2)cc1. The van der Waals surface area contributed by atoms with Crippen molar-refractivity contribution < 1.29 is 9.59 Å². The van der Waals surface area contributed by atoms with Gasteiger partial charge in [-0.05, 0) is 88.1 Å². The summed E-state index contributed by atoms with van der Waals surface area (Å²) in [7, 11) is 0. The fourth-order valence-corrected chi connectivity index (χ4v) is 3.35. The van der Waals surface area contributed by atoms with E-state index < -0.39 is 5.41 Å². The molecule has 5 nitrogen and oxygen atoms in total. The van der Waals surface area contributed by atoms with Crippen molar-refractivity contribution in [3.05, 3.63) is 53.6 Å². The minimum absolute atomic E-state index is 0.229. The lowest BCUT2D eigenvalue weighted by atomic mass is 10.0. The zero-order chi connectivity index (χ0) is 20.3. The lowest BCUT2D eigenvalue weighted by Crippen LogP contribution is -2.35. The quantitative estimate of drug-likeness (QED) is 0.696. The van der Waals surface area contributed by atoms with Crippen LogP contribution in [0.25, 0.3) is 0 Å². The first-order chi connectivity index (χ1) is 13.4. The molecule has 0 bridgehead atoms. The van der Waals surface area contributed by atoms with Gasteiger partial charge in [-0.25, -0.2) is 0 Å². The van der Waals surface area contributed by atoms with Crippen molar-refractivity contribution in [2.24, 2.45) is 5.41 Å². The summed E-state index contributed by atoms with van der Waals surface area (Å²) in [6, 6.07) is 13.6. The van der Waals surface area contributed by atoms with E-state index in [0.29, 0.717) is 18.5 Å². The minimum Gasteiger partial charge on any atom is -0.372 e. The molecular formula is C23H29N3O2. The molecule has 0 radical (unpaired) electrons. The van der Waals surface area contributed by atoms with Crippen LogP contribution < -0.4 is 15.5 Å². The summed E-state index contributed by atoms with van der Waals surface area (Å²) < 4.78 is 0. The third-order valence-electron chi connectivity index (χ3n) is 5.64. The summed E-state index contributed by atoms with van der Waals surface area (Å²) in [6.07, 6.45) is 1.15. The van der Waals surface area contributed by atoms with E-state index >= 15 is 0 Å². The first kappa shape index (κ1) is 19.9. The normalized spacial score (nSPS) is 14.3. The molecule has 0 saturated heterocycles. The standard InChI is InChI=1S/C23H29N3O2/c1-5-26(6-2)20-11-9-18(10-12-20)24-21(27)23(13-14-23)22(28)25-19-8-7-16(3)17(4)15-19/h7-12,15H,5-6,13-14H2,1-4H3,(H,24,27)(H,25,28). The van der Waals surface area contributed by atoms with Gasteiger partial charge in [-0.15, -0.1) is 0 Å². The van der Waals surface area contributed by atoms with Crippen molar-refractivity contribution in [2.45, 2.75) is 40.5 Å². The monoisotopic (exact) mass is 379 g/mol. The molecule has 1 saturated carbocycles. The Morgan fingerprint density at radius 1 is 0.857 bits per heavy atom. The maximum atomic E-state index is 12.8. The second-order valence-corrected chi connectivity index (χ2v) is 7.51. The van der Waals surface area contributed by atoms with Gasteiger partial charge >= 0.3 is 0 Å². The molecule has 28 heavy (non-hydrogen) atoms. The molecule has 0 spiro atoms. The largest absolute Gasteiger partial charge is 0.372 e. The van der Waals surface area contributed by atoms with Crippen LogP contribution in [-0.2, 0) is 9.59 Å². The molecule has 1 fully saturated rings. The number of aryl methyl sites for hydroxylation is 2. The van der Waals surface area contributed by atoms with Gasteiger partial charge in [0.15, 0.2) is 0 Å². The van der Waals surface area contributed by atoms with E-state index in [1.807, 2.05) is 56.3 Å². The summed E-state index contributed by atoms with van der Waals surface area (Å²) >= 11 is 0. The van der Waals surface area contributed by atoms with Gasteiger partial charge in [0, 0.05) is 30.2 Å². The number of carbonyl (C=O) groups is 2. The predicted octanol–water partition coefficient (Wildman–Crippen LogP) is 4.51. The van der Waals surface area contributed by atoms with Gasteiger partial charge < -0.3 is 15.5 Å².